The number of hydrogen-bond donors (Lipinski definition) is 2. The molecule has 1 heterocycles. The summed E-state index contributed by atoms with van der Waals surface area (Å²) in [5.41, 5.74) is 2.08. The maximum absolute atomic E-state index is 13.3. The quantitative estimate of drug-likeness (QED) is 0.267. The normalized spacial score (nSPS) is 15.7. The molecule has 0 aliphatic carbocycles. The van der Waals surface area contributed by atoms with Crippen LogP contribution in [-0.4, -0.2) is 60.6 Å². The van der Waals surface area contributed by atoms with Crippen molar-refractivity contribution in [2.75, 3.05) is 19.7 Å². The Morgan fingerprint density at radius 1 is 1.12 bits per heavy atom. The van der Waals surface area contributed by atoms with Crippen LogP contribution in [0.4, 0.5) is 4.79 Å². The highest BCUT2D eigenvalue weighted by Gasteiger charge is 2.32. The van der Waals surface area contributed by atoms with E-state index in [0.29, 0.717) is 32.7 Å². The minimum atomic E-state index is -1.17. The molecule has 1 saturated heterocycles. The van der Waals surface area contributed by atoms with Gasteiger partial charge in [-0.15, -0.1) is 0 Å². The first-order chi connectivity index (χ1) is 20.0. The molecule has 3 rings (SSSR count). The molecular formula is C32H43N3O7. The van der Waals surface area contributed by atoms with Gasteiger partial charge >= 0.3 is 12.1 Å². The molecule has 1 fully saturated rings. The van der Waals surface area contributed by atoms with Crippen molar-refractivity contribution >= 4 is 24.4 Å². The van der Waals surface area contributed by atoms with Crippen molar-refractivity contribution in [2.24, 2.45) is 5.92 Å². The van der Waals surface area contributed by atoms with Crippen LogP contribution in [0.25, 0.3) is 0 Å². The fourth-order valence-electron chi connectivity index (χ4n) is 4.73. The lowest BCUT2D eigenvalue weighted by atomic mass is 9.94. The number of alkyl carbamates (subject to hydrolysis) is 1. The fraction of sp³-hybridized carbons (Fsp3) is 0.500. The first-order valence-electron chi connectivity index (χ1n) is 14.4. The average Bonchev–Trinajstić information content (AvgIpc) is 2.95. The molecule has 2 atom stereocenters. The summed E-state index contributed by atoms with van der Waals surface area (Å²) < 4.78 is 16.7. The van der Waals surface area contributed by atoms with Gasteiger partial charge in [0.05, 0.1) is 13.0 Å². The SMILES string of the molecule is Cc1ccc(OCCC2CCCN(C(=O)C[C@H](NC(=O)OCc3ccccc3)C(=O)OC(C)(C)C)C2)cc1CNC=O. The zero-order valence-corrected chi connectivity index (χ0v) is 25.0. The Labute approximate surface area is 248 Å². The third kappa shape index (κ3) is 11.1. The van der Waals surface area contributed by atoms with Crippen molar-refractivity contribution in [3.05, 3.63) is 65.2 Å². The minimum Gasteiger partial charge on any atom is -0.494 e. The molecule has 0 spiro atoms. The molecule has 42 heavy (non-hydrogen) atoms. The van der Waals surface area contributed by atoms with E-state index in [1.54, 1.807) is 25.7 Å². The summed E-state index contributed by atoms with van der Waals surface area (Å²) in [6, 6.07) is 13.8. The lowest BCUT2D eigenvalue weighted by molar-refractivity contribution is -0.159. The van der Waals surface area contributed by atoms with Gasteiger partial charge in [0.15, 0.2) is 0 Å². The monoisotopic (exact) mass is 581 g/mol. The number of nitrogens with one attached hydrogen (secondary N) is 2. The van der Waals surface area contributed by atoms with Crippen molar-refractivity contribution in [2.45, 2.75) is 78.2 Å². The van der Waals surface area contributed by atoms with E-state index in [-0.39, 0.29) is 24.9 Å². The van der Waals surface area contributed by atoms with Gasteiger partial charge in [-0.2, -0.15) is 0 Å². The van der Waals surface area contributed by atoms with Gasteiger partial charge in [-0.1, -0.05) is 36.4 Å². The van der Waals surface area contributed by atoms with E-state index in [1.807, 2.05) is 55.5 Å². The zero-order valence-electron chi connectivity index (χ0n) is 25.0. The van der Waals surface area contributed by atoms with Crippen LogP contribution in [0.3, 0.4) is 0 Å². The summed E-state index contributed by atoms with van der Waals surface area (Å²) in [6.45, 7) is 9.27. The first-order valence-corrected chi connectivity index (χ1v) is 14.4. The molecule has 0 aromatic heterocycles. The van der Waals surface area contributed by atoms with E-state index in [4.69, 9.17) is 14.2 Å². The van der Waals surface area contributed by atoms with Crippen LogP contribution in [-0.2, 0) is 37.0 Å². The van der Waals surface area contributed by atoms with Crippen molar-refractivity contribution < 1.29 is 33.4 Å². The van der Waals surface area contributed by atoms with Crippen LogP contribution in [0.1, 0.15) is 63.1 Å². The third-order valence-corrected chi connectivity index (χ3v) is 6.94. The van der Waals surface area contributed by atoms with Gasteiger partial charge in [0.2, 0.25) is 12.3 Å². The molecule has 1 aliphatic rings. The van der Waals surface area contributed by atoms with Gasteiger partial charge in [0, 0.05) is 19.6 Å². The second-order valence-electron chi connectivity index (χ2n) is 11.6. The second kappa shape index (κ2) is 15.8. The van der Waals surface area contributed by atoms with E-state index < -0.39 is 23.7 Å². The maximum Gasteiger partial charge on any atom is 0.408 e. The molecule has 10 nitrogen and oxygen atoms in total. The molecule has 2 N–H and O–H groups in total. The lowest BCUT2D eigenvalue weighted by Gasteiger charge is -2.34. The summed E-state index contributed by atoms with van der Waals surface area (Å²) in [5, 5.41) is 5.22. The standard InChI is InChI=1S/C32H43N3O7/c1-23-12-13-27(17-26(23)19-33-22-36)40-16-14-24-11-8-15-35(20-24)29(37)18-28(30(38)42-32(2,3)4)34-31(39)41-21-25-9-6-5-7-10-25/h5-7,9-10,12-13,17,22,24,28H,8,11,14-16,18-21H2,1-4H3,(H,33,36)(H,34,39)/t24?,28-/m0/s1. The number of carbonyl (C=O) groups is 4. The lowest BCUT2D eigenvalue weighted by Crippen LogP contribution is -2.49. The maximum atomic E-state index is 13.3. The number of amides is 3. The molecule has 0 bridgehead atoms. The Hall–Kier alpha value is -4.08. The average molecular weight is 582 g/mol. The fourth-order valence-corrected chi connectivity index (χ4v) is 4.73. The van der Waals surface area contributed by atoms with Gasteiger partial charge < -0.3 is 29.7 Å². The van der Waals surface area contributed by atoms with Gasteiger partial charge in [0.25, 0.3) is 0 Å². The summed E-state index contributed by atoms with van der Waals surface area (Å²) >= 11 is 0. The Bertz CT molecular complexity index is 1200. The molecule has 10 heteroatoms. The van der Waals surface area contributed by atoms with E-state index in [9.17, 15) is 19.2 Å². The van der Waals surface area contributed by atoms with Crippen LogP contribution in [0.15, 0.2) is 48.5 Å². The predicted molar refractivity (Wildman–Crippen MR) is 158 cm³/mol. The summed E-state index contributed by atoms with van der Waals surface area (Å²) in [4.78, 5) is 51.2. The van der Waals surface area contributed by atoms with Gasteiger partial charge in [-0.25, -0.2) is 9.59 Å². The molecule has 228 valence electrons. The van der Waals surface area contributed by atoms with Crippen LogP contribution in [0.2, 0.25) is 0 Å². The Morgan fingerprint density at radius 2 is 1.88 bits per heavy atom. The van der Waals surface area contributed by atoms with Crippen molar-refractivity contribution in [3.8, 4) is 5.75 Å². The molecule has 1 aliphatic heterocycles. The molecular weight excluding hydrogens is 538 g/mol. The van der Waals surface area contributed by atoms with Crippen LogP contribution in [0.5, 0.6) is 5.75 Å². The molecule has 2 aromatic rings. The number of rotatable bonds is 13. The third-order valence-electron chi connectivity index (χ3n) is 6.94. The van der Waals surface area contributed by atoms with E-state index in [1.165, 1.54) is 0 Å². The van der Waals surface area contributed by atoms with Gasteiger partial charge in [0.1, 0.15) is 24.0 Å². The van der Waals surface area contributed by atoms with Crippen molar-refractivity contribution in [1.29, 1.82) is 0 Å². The highest BCUT2D eigenvalue weighted by molar-refractivity contribution is 5.88. The number of esters is 1. The molecule has 0 radical (unpaired) electrons. The number of piperidine rings is 1. The number of carbonyl (C=O) groups excluding carboxylic acids is 4. The molecule has 0 saturated carbocycles. The number of hydrogen-bond acceptors (Lipinski definition) is 7. The van der Waals surface area contributed by atoms with Crippen molar-refractivity contribution in [1.82, 2.24) is 15.5 Å². The van der Waals surface area contributed by atoms with E-state index in [2.05, 4.69) is 10.6 Å². The largest absolute Gasteiger partial charge is 0.494 e. The highest BCUT2D eigenvalue weighted by atomic mass is 16.6. The van der Waals surface area contributed by atoms with Crippen molar-refractivity contribution in [3.63, 3.8) is 0 Å². The number of aryl methyl sites for hydroxylation is 1. The smallest absolute Gasteiger partial charge is 0.408 e. The van der Waals surface area contributed by atoms with E-state index >= 15 is 0 Å². The second-order valence-corrected chi connectivity index (χ2v) is 11.6. The Morgan fingerprint density at radius 3 is 2.60 bits per heavy atom. The summed E-state index contributed by atoms with van der Waals surface area (Å²) in [6.07, 6.45) is 2.23. The predicted octanol–water partition coefficient (Wildman–Crippen LogP) is 4.28. The van der Waals surface area contributed by atoms with Crippen LogP contribution >= 0.6 is 0 Å². The summed E-state index contributed by atoms with van der Waals surface area (Å²) in [5.74, 6) is 0.0616. The Kier molecular flexibility index (Phi) is 12.2. The number of benzene rings is 2. The molecule has 2 aromatic carbocycles. The summed E-state index contributed by atoms with van der Waals surface area (Å²) in [7, 11) is 0. The number of ether oxygens (including phenoxy) is 3. The minimum absolute atomic E-state index is 0.0388. The number of nitrogens with zero attached hydrogens (tertiary/aromatic N) is 1. The molecule has 3 amide bonds. The topological polar surface area (TPSA) is 123 Å². The van der Waals surface area contributed by atoms with Crippen LogP contribution < -0.4 is 15.4 Å². The van der Waals surface area contributed by atoms with Crippen LogP contribution in [0, 0.1) is 12.8 Å². The van der Waals surface area contributed by atoms with E-state index in [0.717, 1.165) is 41.7 Å². The molecule has 1 unspecified atom stereocenters. The van der Waals surface area contributed by atoms with Gasteiger partial charge in [-0.05, 0) is 81.7 Å². The zero-order chi connectivity index (χ0) is 30.5. The first kappa shape index (κ1) is 32.4. The Balaban J connectivity index is 1.53. The highest BCUT2D eigenvalue weighted by Crippen LogP contribution is 2.23. The number of likely N-dealkylation sites (tertiary alicyclic amines) is 1. The van der Waals surface area contributed by atoms with Gasteiger partial charge in [-0.3, -0.25) is 9.59 Å².